The molecule has 4 heteroatoms. The fraction of sp³-hybridized carbons (Fsp3) is 0.471. The van der Waals surface area contributed by atoms with Crippen molar-refractivity contribution in [2.75, 3.05) is 25.1 Å². The van der Waals surface area contributed by atoms with Crippen molar-refractivity contribution >= 4 is 5.82 Å². The number of hydrogen-bond acceptors (Lipinski definition) is 3. The van der Waals surface area contributed by atoms with Crippen molar-refractivity contribution in [1.82, 2.24) is 9.78 Å². The summed E-state index contributed by atoms with van der Waals surface area (Å²) in [5.74, 6) is 1.16. The minimum atomic E-state index is 0.743. The number of aryl methyl sites for hydroxylation is 2. The Balaban J connectivity index is 1.97. The van der Waals surface area contributed by atoms with Crippen LogP contribution in [0.15, 0.2) is 18.2 Å². The summed E-state index contributed by atoms with van der Waals surface area (Å²) in [6.45, 7) is 8.80. The van der Waals surface area contributed by atoms with Crippen LogP contribution in [0.3, 0.4) is 0 Å². The van der Waals surface area contributed by atoms with Crippen LogP contribution in [-0.2, 0) is 17.6 Å². The van der Waals surface area contributed by atoms with Crippen LogP contribution in [0.25, 0.3) is 5.69 Å². The zero-order valence-corrected chi connectivity index (χ0v) is 13.1. The Morgan fingerprint density at radius 1 is 1.33 bits per heavy atom. The molecule has 2 aromatic rings. The molecule has 112 valence electrons. The Morgan fingerprint density at radius 2 is 2.19 bits per heavy atom. The van der Waals surface area contributed by atoms with Crippen LogP contribution in [-0.4, -0.2) is 29.5 Å². The minimum Gasteiger partial charge on any atom is -0.381 e. The van der Waals surface area contributed by atoms with E-state index in [1.165, 1.54) is 22.4 Å². The molecule has 0 atom stereocenters. The number of fused-ring (bicyclic) bond motifs is 1. The standard InChI is InChI=1S/C17H23N3O/c1-4-21-10-8-15-14-7-9-18-17(14)20(19-15)16-6-5-12(2)11-13(16)3/h5-6,11,18H,4,7-10H2,1-3H3. The van der Waals surface area contributed by atoms with Gasteiger partial charge in [-0.2, -0.15) is 5.10 Å². The maximum Gasteiger partial charge on any atom is 0.133 e. The van der Waals surface area contributed by atoms with Gasteiger partial charge in [-0.15, -0.1) is 0 Å². The first-order valence-corrected chi connectivity index (χ1v) is 7.70. The van der Waals surface area contributed by atoms with E-state index in [0.29, 0.717) is 0 Å². The van der Waals surface area contributed by atoms with Gasteiger partial charge in [0.2, 0.25) is 0 Å². The molecule has 1 aromatic carbocycles. The SMILES string of the molecule is CCOCCc1nn(-c2ccc(C)cc2C)c2c1CCN2. The second-order valence-corrected chi connectivity index (χ2v) is 5.60. The van der Waals surface area contributed by atoms with Crippen molar-refractivity contribution in [3.8, 4) is 5.69 Å². The minimum absolute atomic E-state index is 0.743. The first kappa shape index (κ1) is 14.1. The number of rotatable bonds is 5. The molecule has 4 nitrogen and oxygen atoms in total. The molecular formula is C17H23N3O. The van der Waals surface area contributed by atoms with E-state index < -0.39 is 0 Å². The Kier molecular flexibility index (Phi) is 3.97. The number of ether oxygens (including phenoxy) is 1. The third-order valence-corrected chi connectivity index (χ3v) is 4.00. The highest BCUT2D eigenvalue weighted by atomic mass is 16.5. The number of nitrogens with zero attached hydrogens (tertiary/aromatic N) is 2. The van der Waals surface area contributed by atoms with Gasteiger partial charge in [0, 0.05) is 25.1 Å². The van der Waals surface area contributed by atoms with Crippen molar-refractivity contribution in [3.63, 3.8) is 0 Å². The monoisotopic (exact) mass is 285 g/mol. The fourth-order valence-electron chi connectivity index (χ4n) is 2.98. The summed E-state index contributed by atoms with van der Waals surface area (Å²) < 4.78 is 7.55. The Labute approximate surface area is 126 Å². The van der Waals surface area contributed by atoms with E-state index >= 15 is 0 Å². The Morgan fingerprint density at radius 3 is 2.95 bits per heavy atom. The lowest BCUT2D eigenvalue weighted by atomic mass is 10.1. The van der Waals surface area contributed by atoms with Crippen LogP contribution < -0.4 is 5.32 Å². The van der Waals surface area contributed by atoms with E-state index in [0.717, 1.165) is 44.1 Å². The smallest absolute Gasteiger partial charge is 0.133 e. The molecule has 0 spiro atoms. The molecule has 3 rings (SSSR count). The van der Waals surface area contributed by atoms with E-state index in [4.69, 9.17) is 9.84 Å². The summed E-state index contributed by atoms with van der Waals surface area (Å²) in [7, 11) is 0. The summed E-state index contributed by atoms with van der Waals surface area (Å²) in [6.07, 6.45) is 1.94. The number of hydrogen-bond donors (Lipinski definition) is 1. The molecule has 1 N–H and O–H groups in total. The molecule has 0 fully saturated rings. The maximum atomic E-state index is 5.48. The number of aromatic nitrogens is 2. The molecule has 2 heterocycles. The maximum absolute atomic E-state index is 5.48. The number of anilines is 1. The molecule has 0 saturated heterocycles. The van der Waals surface area contributed by atoms with E-state index in [2.05, 4.69) is 42.0 Å². The van der Waals surface area contributed by atoms with Gasteiger partial charge in [-0.05, 0) is 38.8 Å². The quantitative estimate of drug-likeness (QED) is 0.858. The predicted molar refractivity (Wildman–Crippen MR) is 85.4 cm³/mol. The molecule has 0 radical (unpaired) electrons. The van der Waals surface area contributed by atoms with Gasteiger partial charge in [-0.3, -0.25) is 0 Å². The average molecular weight is 285 g/mol. The van der Waals surface area contributed by atoms with Crippen molar-refractivity contribution in [3.05, 3.63) is 40.6 Å². The highest BCUT2D eigenvalue weighted by Crippen LogP contribution is 2.30. The van der Waals surface area contributed by atoms with Crippen LogP contribution in [0.5, 0.6) is 0 Å². The van der Waals surface area contributed by atoms with Crippen molar-refractivity contribution in [2.24, 2.45) is 0 Å². The number of benzene rings is 1. The molecule has 0 bridgehead atoms. The van der Waals surface area contributed by atoms with Crippen molar-refractivity contribution in [2.45, 2.75) is 33.6 Å². The highest BCUT2D eigenvalue weighted by Gasteiger charge is 2.23. The van der Waals surface area contributed by atoms with Gasteiger partial charge in [-0.25, -0.2) is 4.68 Å². The molecular weight excluding hydrogens is 262 g/mol. The lowest BCUT2D eigenvalue weighted by Crippen LogP contribution is -2.07. The van der Waals surface area contributed by atoms with Crippen LogP contribution in [0.1, 0.15) is 29.3 Å². The van der Waals surface area contributed by atoms with E-state index in [1.54, 1.807) is 0 Å². The molecule has 21 heavy (non-hydrogen) atoms. The number of nitrogens with one attached hydrogen (secondary N) is 1. The van der Waals surface area contributed by atoms with Crippen LogP contribution in [0, 0.1) is 13.8 Å². The largest absolute Gasteiger partial charge is 0.381 e. The van der Waals surface area contributed by atoms with Gasteiger partial charge in [0.25, 0.3) is 0 Å². The fourth-order valence-corrected chi connectivity index (χ4v) is 2.98. The molecule has 0 unspecified atom stereocenters. The van der Waals surface area contributed by atoms with Crippen LogP contribution in [0.2, 0.25) is 0 Å². The molecule has 0 aliphatic carbocycles. The summed E-state index contributed by atoms with van der Waals surface area (Å²) in [6, 6.07) is 6.51. The van der Waals surface area contributed by atoms with Crippen LogP contribution >= 0.6 is 0 Å². The highest BCUT2D eigenvalue weighted by molar-refractivity contribution is 5.58. The van der Waals surface area contributed by atoms with Gasteiger partial charge in [0.05, 0.1) is 18.0 Å². The molecule has 0 saturated carbocycles. The zero-order chi connectivity index (χ0) is 14.8. The lowest BCUT2D eigenvalue weighted by Gasteiger charge is -2.10. The topological polar surface area (TPSA) is 39.1 Å². The average Bonchev–Trinajstić information content (AvgIpc) is 3.03. The summed E-state index contributed by atoms with van der Waals surface area (Å²) in [5.41, 5.74) is 6.22. The second kappa shape index (κ2) is 5.90. The summed E-state index contributed by atoms with van der Waals surface area (Å²) >= 11 is 0. The third kappa shape index (κ3) is 2.68. The van der Waals surface area contributed by atoms with Gasteiger partial charge < -0.3 is 10.1 Å². The molecule has 0 amide bonds. The summed E-state index contributed by atoms with van der Waals surface area (Å²) in [4.78, 5) is 0. The summed E-state index contributed by atoms with van der Waals surface area (Å²) in [5, 5.41) is 8.32. The van der Waals surface area contributed by atoms with E-state index in [1.807, 2.05) is 6.92 Å². The van der Waals surface area contributed by atoms with Gasteiger partial charge in [0.15, 0.2) is 0 Å². The predicted octanol–water partition coefficient (Wildman–Crippen LogP) is 3.04. The van der Waals surface area contributed by atoms with Crippen molar-refractivity contribution < 1.29 is 4.74 Å². The van der Waals surface area contributed by atoms with E-state index in [9.17, 15) is 0 Å². The molecule has 1 aliphatic rings. The normalized spacial score (nSPS) is 13.3. The van der Waals surface area contributed by atoms with Gasteiger partial charge in [-0.1, -0.05) is 17.7 Å². The van der Waals surface area contributed by atoms with Crippen molar-refractivity contribution in [1.29, 1.82) is 0 Å². The zero-order valence-electron chi connectivity index (χ0n) is 13.1. The van der Waals surface area contributed by atoms with Gasteiger partial charge >= 0.3 is 0 Å². The molecule has 1 aliphatic heterocycles. The Bertz CT molecular complexity index is 646. The first-order chi connectivity index (χ1) is 10.2. The lowest BCUT2D eigenvalue weighted by molar-refractivity contribution is 0.150. The van der Waals surface area contributed by atoms with E-state index in [-0.39, 0.29) is 0 Å². The third-order valence-electron chi connectivity index (χ3n) is 4.00. The Hall–Kier alpha value is -1.81. The van der Waals surface area contributed by atoms with Gasteiger partial charge in [0.1, 0.15) is 5.82 Å². The van der Waals surface area contributed by atoms with Crippen LogP contribution in [0.4, 0.5) is 5.82 Å². The first-order valence-electron chi connectivity index (χ1n) is 7.70. The molecule has 1 aromatic heterocycles. The second-order valence-electron chi connectivity index (χ2n) is 5.60.